The Bertz CT molecular complexity index is 764. The van der Waals surface area contributed by atoms with Crippen LogP contribution in [0.5, 0.6) is 0 Å². The van der Waals surface area contributed by atoms with Crippen molar-refractivity contribution in [2.45, 2.75) is 11.8 Å². The summed E-state index contributed by atoms with van der Waals surface area (Å²) in [5.74, 6) is -1.92. The van der Waals surface area contributed by atoms with Crippen LogP contribution in [-0.4, -0.2) is 25.7 Å². The maximum absolute atomic E-state index is 13.8. The number of halogens is 3. The first kappa shape index (κ1) is 15.3. The molecule has 10 heteroatoms. The molecule has 2 rings (SSSR count). The van der Waals surface area contributed by atoms with Gasteiger partial charge in [0, 0.05) is 7.05 Å². The highest BCUT2D eigenvalue weighted by molar-refractivity contribution is 9.10. The third kappa shape index (κ3) is 2.67. The Hall–Kier alpha value is -1.13. The highest BCUT2D eigenvalue weighted by Gasteiger charge is 2.28. The molecular formula is C10H8BrF2N3O2S2. The van der Waals surface area contributed by atoms with Gasteiger partial charge in [-0.15, -0.1) is 10.2 Å². The van der Waals surface area contributed by atoms with E-state index in [9.17, 15) is 17.2 Å². The monoisotopic (exact) mass is 383 g/mol. The van der Waals surface area contributed by atoms with Crippen molar-refractivity contribution < 1.29 is 17.2 Å². The summed E-state index contributed by atoms with van der Waals surface area (Å²) < 4.78 is 52.4. The molecule has 0 aliphatic carbocycles. The standard InChI is InChI=1S/C10H8BrF2N3O2S2/c1-5-14-15-10(19-5)16(2)20(17,18)9-4-7(12)6(11)3-8(9)13/h3-4H,1-2H3. The number of anilines is 1. The van der Waals surface area contributed by atoms with Gasteiger partial charge in [-0.05, 0) is 35.0 Å². The quantitative estimate of drug-likeness (QED) is 0.764. The highest BCUT2D eigenvalue weighted by Crippen LogP contribution is 2.28. The number of sulfonamides is 1. The van der Waals surface area contributed by atoms with E-state index in [2.05, 4.69) is 26.1 Å². The van der Waals surface area contributed by atoms with E-state index in [-0.39, 0.29) is 9.60 Å². The molecule has 0 aliphatic rings. The maximum Gasteiger partial charge on any atom is 0.268 e. The van der Waals surface area contributed by atoms with Crippen LogP contribution in [0.25, 0.3) is 0 Å². The number of rotatable bonds is 3. The van der Waals surface area contributed by atoms with Gasteiger partial charge < -0.3 is 0 Å². The van der Waals surface area contributed by atoms with Crippen molar-refractivity contribution in [3.63, 3.8) is 0 Å². The summed E-state index contributed by atoms with van der Waals surface area (Å²) in [6.07, 6.45) is 0. The number of aromatic nitrogens is 2. The van der Waals surface area contributed by atoms with Gasteiger partial charge >= 0.3 is 0 Å². The minimum atomic E-state index is -4.24. The molecule has 0 saturated carbocycles. The Labute approximate surface area is 126 Å². The number of hydrogen-bond acceptors (Lipinski definition) is 5. The van der Waals surface area contributed by atoms with Gasteiger partial charge in [0.05, 0.1) is 4.47 Å². The van der Waals surface area contributed by atoms with Crippen LogP contribution in [0.1, 0.15) is 5.01 Å². The minimum absolute atomic E-state index is 0.0743. The van der Waals surface area contributed by atoms with Crippen LogP contribution in [0.4, 0.5) is 13.9 Å². The first-order valence-corrected chi connectivity index (χ1v) is 8.22. The summed E-state index contributed by atoms with van der Waals surface area (Å²) in [5.41, 5.74) is 0. The lowest BCUT2D eigenvalue weighted by Crippen LogP contribution is -2.27. The molecule has 0 radical (unpaired) electrons. The van der Waals surface area contributed by atoms with Crippen molar-refractivity contribution in [1.82, 2.24) is 10.2 Å². The lowest BCUT2D eigenvalue weighted by molar-refractivity contribution is 0.549. The van der Waals surface area contributed by atoms with Crippen molar-refractivity contribution in [3.8, 4) is 0 Å². The van der Waals surface area contributed by atoms with Gasteiger partial charge in [-0.1, -0.05) is 11.3 Å². The van der Waals surface area contributed by atoms with Crippen molar-refractivity contribution in [3.05, 3.63) is 33.2 Å². The number of hydrogen-bond donors (Lipinski definition) is 0. The van der Waals surface area contributed by atoms with Crippen molar-refractivity contribution >= 4 is 42.4 Å². The van der Waals surface area contributed by atoms with E-state index in [4.69, 9.17) is 0 Å². The second kappa shape index (κ2) is 5.34. The second-order valence-electron chi connectivity index (χ2n) is 3.77. The predicted octanol–water partition coefficient (Wildman–Crippen LogP) is 2.71. The topological polar surface area (TPSA) is 63.2 Å². The van der Waals surface area contributed by atoms with E-state index in [0.29, 0.717) is 11.1 Å². The van der Waals surface area contributed by atoms with Crippen molar-refractivity contribution in [2.75, 3.05) is 11.4 Å². The van der Waals surface area contributed by atoms with E-state index in [1.165, 1.54) is 7.05 Å². The highest BCUT2D eigenvalue weighted by atomic mass is 79.9. The van der Waals surface area contributed by atoms with Gasteiger partial charge in [0.2, 0.25) is 5.13 Å². The molecule has 0 atom stereocenters. The second-order valence-corrected chi connectivity index (χ2v) is 7.73. The molecule has 1 aromatic heterocycles. The van der Waals surface area contributed by atoms with Crippen LogP contribution >= 0.6 is 27.3 Å². The molecule has 0 bridgehead atoms. The zero-order valence-corrected chi connectivity index (χ0v) is 13.5. The average Bonchev–Trinajstić information content (AvgIpc) is 2.79. The van der Waals surface area contributed by atoms with Crippen LogP contribution in [0.15, 0.2) is 21.5 Å². The molecule has 108 valence electrons. The summed E-state index contributed by atoms with van der Waals surface area (Å²) >= 11 is 3.82. The van der Waals surface area contributed by atoms with E-state index in [1.54, 1.807) is 6.92 Å². The first-order valence-electron chi connectivity index (χ1n) is 5.17. The fourth-order valence-electron chi connectivity index (χ4n) is 1.37. The third-order valence-corrected chi connectivity index (χ3v) is 5.80. The summed E-state index contributed by atoms with van der Waals surface area (Å²) in [7, 11) is -3.04. The molecular weight excluding hydrogens is 376 g/mol. The van der Waals surface area contributed by atoms with Gasteiger partial charge in [0.25, 0.3) is 10.0 Å². The summed E-state index contributed by atoms with van der Waals surface area (Å²) in [6.45, 7) is 1.65. The maximum atomic E-state index is 13.8. The average molecular weight is 384 g/mol. The molecule has 5 nitrogen and oxygen atoms in total. The molecule has 20 heavy (non-hydrogen) atoms. The molecule has 1 heterocycles. The molecule has 2 aromatic rings. The Morgan fingerprint density at radius 1 is 1.25 bits per heavy atom. The van der Waals surface area contributed by atoms with Gasteiger partial charge in [-0.3, -0.25) is 0 Å². The Kier molecular flexibility index (Phi) is 4.07. The Morgan fingerprint density at radius 3 is 2.45 bits per heavy atom. The zero-order chi connectivity index (χ0) is 15.1. The molecule has 0 fully saturated rings. The minimum Gasteiger partial charge on any atom is -0.243 e. The predicted molar refractivity (Wildman–Crippen MR) is 74.3 cm³/mol. The lowest BCUT2D eigenvalue weighted by Gasteiger charge is -2.16. The summed E-state index contributed by atoms with van der Waals surface area (Å²) in [4.78, 5) is -0.756. The SMILES string of the molecule is Cc1nnc(N(C)S(=O)(=O)c2cc(F)c(Br)cc2F)s1. The van der Waals surface area contributed by atoms with Crippen LogP contribution in [0.2, 0.25) is 0 Å². The van der Waals surface area contributed by atoms with Crippen LogP contribution in [-0.2, 0) is 10.0 Å². The molecule has 0 amide bonds. The van der Waals surface area contributed by atoms with Gasteiger partial charge in [0.15, 0.2) is 0 Å². The zero-order valence-electron chi connectivity index (χ0n) is 10.3. The molecule has 0 unspecified atom stereocenters. The van der Waals surface area contributed by atoms with E-state index in [0.717, 1.165) is 21.7 Å². The van der Waals surface area contributed by atoms with Crippen LogP contribution < -0.4 is 4.31 Å². The number of nitrogens with zero attached hydrogens (tertiary/aromatic N) is 3. The van der Waals surface area contributed by atoms with E-state index >= 15 is 0 Å². The van der Waals surface area contributed by atoms with Crippen LogP contribution in [0.3, 0.4) is 0 Å². The van der Waals surface area contributed by atoms with Crippen molar-refractivity contribution in [1.29, 1.82) is 0 Å². The van der Waals surface area contributed by atoms with Gasteiger partial charge in [-0.25, -0.2) is 21.5 Å². The smallest absolute Gasteiger partial charge is 0.243 e. The van der Waals surface area contributed by atoms with Crippen molar-refractivity contribution in [2.24, 2.45) is 0 Å². The normalized spacial score (nSPS) is 11.7. The number of benzene rings is 1. The molecule has 1 aromatic carbocycles. The Balaban J connectivity index is 2.53. The number of aryl methyl sites for hydroxylation is 1. The molecule has 0 spiro atoms. The summed E-state index contributed by atoms with van der Waals surface area (Å²) in [6, 6.07) is 1.39. The van der Waals surface area contributed by atoms with Crippen LogP contribution in [0, 0.1) is 18.6 Å². The fraction of sp³-hybridized carbons (Fsp3) is 0.200. The van der Waals surface area contributed by atoms with Gasteiger partial charge in [-0.2, -0.15) is 0 Å². The molecule has 0 aliphatic heterocycles. The lowest BCUT2D eigenvalue weighted by atomic mass is 10.3. The first-order chi connectivity index (χ1) is 9.23. The third-order valence-electron chi connectivity index (χ3n) is 2.40. The molecule has 0 N–H and O–H groups in total. The van der Waals surface area contributed by atoms with E-state index in [1.807, 2.05) is 0 Å². The summed E-state index contributed by atoms with van der Waals surface area (Å²) in [5, 5.41) is 7.99. The largest absolute Gasteiger partial charge is 0.268 e. The Morgan fingerprint density at radius 2 is 1.90 bits per heavy atom. The van der Waals surface area contributed by atoms with Gasteiger partial charge in [0.1, 0.15) is 21.5 Å². The molecule has 0 saturated heterocycles. The fourth-order valence-corrected chi connectivity index (χ4v) is 3.74. The van der Waals surface area contributed by atoms with E-state index < -0.39 is 26.6 Å².